The molecular weight excluding hydrogens is 222 g/mol. The van der Waals surface area contributed by atoms with Gasteiger partial charge in [-0.05, 0) is 19.3 Å². The largest absolute Gasteiger partial charge is 0.550 e. The topological polar surface area (TPSA) is 83.3 Å². The SMILES string of the molecule is O=C([O-])CCCCCCCCCCC[N+](=O)[O-]. The molecule has 0 aromatic heterocycles. The van der Waals surface area contributed by atoms with Crippen LogP contribution < -0.4 is 5.11 Å². The third-order valence-corrected chi connectivity index (χ3v) is 2.72. The molecule has 0 saturated heterocycles. The lowest BCUT2D eigenvalue weighted by molar-refractivity contribution is -0.480. The molecule has 17 heavy (non-hydrogen) atoms. The summed E-state index contributed by atoms with van der Waals surface area (Å²) in [6, 6.07) is 0. The van der Waals surface area contributed by atoms with Crippen molar-refractivity contribution in [2.45, 2.75) is 64.2 Å². The van der Waals surface area contributed by atoms with E-state index in [1.165, 1.54) is 0 Å². The summed E-state index contributed by atoms with van der Waals surface area (Å²) in [4.78, 5) is 19.9. The third-order valence-electron chi connectivity index (χ3n) is 2.72. The van der Waals surface area contributed by atoms with Crippen molar-refractivity contribution >= 4 is 5.97 Å². The number of carboxylic acids is 1. The van der Waals surface area contributed by atoms with Crippen LogP contribution in [0.15, 0.2) is 0 Å². The van der Waals surface area contributed by atoms with Gasteiger partial charge in [-0.2, -0.15) is 0 Å². The summed E-state index contributed by atoms with van der Waals surface area (Å²) in [6.45, 7) is 0.0865. The molecule has 0 radical (unpaired) electrons. The minimum Gasteiger partial charge on any atom is -0.550 e. The van der Waals surface area contributed by atoms with E-state index in [4.69, 9.17) is 0 Å². The number of unbranched alkanes of at least 4 members (excludes halogenated alkanes) is 8. The van der Waals surface area contributed by atoms with Crippen LogP contribution in [0, 0.1) is 10.1 Å². The molecule has 0 aromatic rings. The molecule has 0 amide bonds. The van der Waals surface area contributed by atoms with Crippen molar-refractivity contribution in [2.75, 3.05) is 6.54 Å². The van der Waals surface area contributed by atoms with E-state index in [0.29, 0.717) is 12.8 Å². The molecule has 0 aromatic carbocycles. The Morgan fingerprint density at radius 2 is 1.24 bits per heavy atom. The van der Waals surface area contributed by atoms with Crippen LogP contribution in [0.1, 0.15) is 64.2 Å². The van der Waals surface area contributed by atoms with E-state index >= 15 is 0 Å². The Bertz CT molecular complexity index is 197. The molecule has 0 aliphatic rings. The van der Waals surface area contributed by atoms with Crippen LogP contribution >= 0.6 is 0 Å². The molecular formula is C12H22NO4-. The van der Waals surface area contributed by atoms with Crippen LogP contribution in [0.2, 0.25) is 0 Å². The fourth-order valence-electron chi connectivity index (χ4n) is 1.75. The number of hydrogen-bond donors (Lipinski definition) is 0. The van der Waals surface area contributed by atoms with Crippen LogP contribution in [0.4, 0.5) is 0 Å². The third kappa shape index (κ3) is 14.9. The van der Waals surface area contributed by atoms with Crippen LogP contribution in [0.3, 0.4) is 0 Å². The van der Waals surface area contributed by atoms with Crippen molar-refractivity contribution < 1.29 is 14.8 Å². The molecule has 0 aliphatic heterocycles. The smallest absolute Gasteiger partial charge is 0.203 e. The van der Waals surface area contributed by atoms with Gasteiger partial charge >= 0.3 is 0 Å². The second kappa shape index (κ2) is 11.4. The van der Waals surface area contributed by atoms with E-state index in [9.17, 15) is 20.0 Å². The summed E-state index contributed by atoms with van der Waals surface area (Å²) in [6.07, 6.45) is 8.98. The van der Waals surface area contributed by atoms with Gasteiger partial charge in [0.2, 0.25) is 6.54 Å². The zero-order valence-electron chi connectivity index (χ0n) is 10.4. The standard InChI is InChI=1S/C12H23NO4/c14-12(15)10-8-6-4-2-1-3-5-7-9-11-13(16)17/h1-11H2,(H,14,15)/p-1. The van der Waals surface area contributed by atoms with Gasteiger partial charge in [0, 0.05) is 17.3 Å². The van der Waals surface area contributed by atoms with Gasteiger partial charge in [0.15, 0.2) is 0 Å². The summed E-state index contributed by atoms with van der Waals surface area (Å²) >= 11 is 0. The molecule has 0 heterocycles. The van der Waals surface area contributed by atoms with Crippen molar-refractivity contribution in [1.29, 1.82) is 0 Å². The highest BCUT2D eigenvalue weighted by Crippen LogP contribution is 2.10. The molecule has 0 spiro atoms. The first-order valence-corrected chi connectivity index (χ1v) is 6.44. The Morgan fingerprint density at radius 3 is 1.65 bits per heavy atom. The van der Waals surface area contributed by atoms with E-state index in [1.807, 2.05) is 0 Å². The van der Waals surface area contributed by atoms with E-state index in [0.717, 1.165) is 44.9 Å². The maximum absolute atomic E-state index is 10.1. The summed E-state index contributed by atoms with van der Waals surface area (Å²) < 4.78 is 0. The minimum atomic E-state index is -0.962. The van der Waals surface area contributed by atoms with Crippen LogP contribution in [0.5, 0.6) is 0 Å². The van der Waals surface area contributed by atoms with Gasteiger partial charge < -0.3 is 9.90 Å². The van der Waals surface area contributed by atoms with Crippen LogP contribution in [0.25, 0.3) is 0 Å². The number of aliphatic carboxylic acids is 1. The molecule has 0 aliphatic carbocycles. The number of nitrogens with zero attached hydrogens (tertiary/aromatic N) is 1. The number of nitro groups is 1. The summed E-state index contributed by atoms with van der Waals surface area (Å²) in [5.74, 6) is -0.962. The maximum Gasteiger partial charge on any atom is 0.203 e. The zero-order valence-corrected chi connectivity index (χ0v) is 10.4. The Balaban J connectivity index is 2.98. The highest BCUT2D eigenvalue weighted by molar-refractivity contribution is 5.63. The molecule has 0 saturated carbocycles. The second-order valence-corrected chi connectivity index (χ2v) is 4.36. The lowest BCUT2D eigenvalue weighted by Gasteiger charge is -2.02. The normalized spacial score (nSPS) is 10.4. The monoisotopic (exact) mass is 244 g/mol. The molecule has 100 valence electrons. The number of carbonyl (C=O) groups excluding carboxylic acids is 1. The molecule has 0 unspecified atom stereocenters. The van der Waals surface area contributed by atoms with Crippen LogP contribution in [-0.2, 0) is 4.79 Å². The van der Waals surface area contributed by atoms with E-state index in [-0.39, 0.29) is 17.9 Å². The van der Waals surface area contributed by atoms with E-state index in [1.54, 1.807) is 0 Å². The Hall–Kier alpha value is -1.13. The van der Waals surface area contributed by atoms with Crippen molar-refractivity contribution in [3.05, 3.63) is 10.1 Å². The number of hydrogen-bond acceptors (Lipinski definition) is 4. The quantitative estimate of drug-likeness (QED) is 0.298. The van der Waals surface area contributed by atoms with Crippen molar-refractivity contribution in [1.82, 2.24) is 0 Å². The van der Waals surface area contributed by atoms with Crippen molar-refractivity contribution in [3.63, 3.8) is 0 Å². The van der Waals surface area contributed by atoms with Crippen LogP contribution in [-0.4, -0.2) is 17.4 Å². The number of carbonyl (C=O) groups is 1. The van der Waals surface area contributed by atoms with E-state index < -0.39 is 5.97 Å². The fourth-order valence-corrected chi connectivity index (χ4v) is 1.75. The highest BCUT2D eigenvalue weighted by Gasteiger charge is 1.97. The first kappa shape index (κ1) is 15.9. The summed E-state index contributed by atoms with van der Waals surface area (Å²) in [5, 5.41) is 20.2. The van der Waals surface area contributed by atoms with E-state index in [2.05, 4.69) is 0 Å². The predicted molar refractivity (Wildman–Crippen MR) is 63.0 cm³/mol. The molecule has 0 fully saturated rings. The van der Waals surface area contributed by atoms with Gasteiger partial charge in [-0.15, -0.1) is 0 Å². The summed E-state index contributed by atoms with van der Waals surface area (Å²) in [5.41, 5.74) is 0. The average molecular weight is 244 g/mol. The number of carboxylic acid groups (broad SMARTS) is 1. The molecule has 0 bridgehead atoms. The fraction of sp³-hybridized carbons (Fsp3) is 0.917. The first-order valence-electron chi connectivity index (χ1n) is 6.44. The Kier molecular flexibility index (Phi) is 10.6. The Labute approximate surface area is 102 Å². The van der Waals surface area contributed by atoms with Gasteiger partial charge in [-0.3, -0.25) is 10.1 Å². The first-order chi connectivity index (χ1) is 8.13. The highest BCUT2D eigenvalue weighted by atomic mass is 16.6. The molecule has 0 N–H and O–H groups in total. The van der Waals surface area contributed by atoms with Gasteiger partial charge in [-0.1, -0.05) is 38.5 Å². The lowest BCUT2D eigenvalue weighted by atomic mass is 10.1. The van der Waals surface area contributed by atoms with Gasteiger partial charge in [-0.25, -0.2) is 0 Å². The molecule has 5 heteroatoms. The predicted octanol–water partition coefficient (Wildman–Crippen LogP) is 1.91. The van der Waals surface area contributed by atoms with Gasteiger partial charge in [0.25, 0.3) is 0 Å². The molecule has 0 atom stereocenters. The second-order valence-electron chi connectivity index (χ2n) is 4.36. The molecule has 5 nitrogen and oxygen atoms in total. The van der Waals surface area contributed by atoms with Crippen molar-refractivity contribution in [2.24, 2.45) is 0 Å². The Morgan fingerprint density at radius 1 is 0.824 bits per heavy atom. The van der Waals surface area contributed by atoms with Gasteiger partial charge in [0.1, 0.15) is 0 Å². The van der Waals surface area contributed by atoms with Gasteiger partial charge in [0.05, 0.1) is 0 Å². The molecule has 0 rings (SSSR count). The summed E-state index contributed by atoms with van der Waals surface area (Å²) in [7, 11) is 0. The number of rotatable bonds is 12. The maximum atomic E-state index is 10.1. The minimum absolute atomic E-state index is 0.0865. The zero-order chi connectivity index (χ0) is 12.9. The lowest BCUT2D eigenvalue weighted by Crippen LogP contribution is -2.21. The average Bonchev–Trinajstić information content (AvgIpc) is 2.25. The van der Waals surface area contributed by atoms with Crippen molar-refractivity contribution in [3.8, 4) is 0 Å².